The van der Waals surface area contributed by atoms with Gasteiger partial charge in [0.25, 0.3) is 0 Å². The molecule has 20 heteroatoms. The SMILES string of the molecule is N#Cc1cccc(-c2ccc(C3(CCC(=O)NC4CCCCC4)CCN(C4CCCC4)CC3)cc2)c1.N#Cc1cccc(-c2ccc(C3(OCC(=O)Nc4cc(Cl)cc(Cl)c4)CCN(C4CCCCC4)CC3)cc2)c1.NC(=Nc1ccc(F)c(Cl)c1)c1cccc(-c2ccc(C3(CCC(=O)Nc4ccc(F)c(Cl)c4)CCN(C4CCCC4)CC3)cc2)c1. The van der Waals surface area contributed by atoms with E-state index in [0.717, 1.165) is 148 Å². The minimum absolute atomic E-state index is 0.00621. The van der Waals surface area contributed by atoms with E-state index in [1.54, 1.807) is 18.2 Å². The summed E-state index contributed by atoms with van der Waals surface area (Å²) >= 11 is 24.0. The van der Waals surface area contributed by atoms with Gasteiger partial charge in [-0.25, -0.2) is 13.8 Å². The molecule has 0 spiro atoms. The van der Waals surface area contributed by atoms with Gasteiger partial charge >= 0.3 is 0 Å². The number of nitrogens with one attached hydrogen (secondary N) is 3. The summed E-state index contributed by atoms with van der Waals surface area (Å²) in [5.74, 6) is -0.827. The van der Waals surface area contributed by atoms with E-state index in [2.05, 4.69) is 127 Å². The van der Waals surface area contributed by atoms with Gasteiger partial charge in [-0.05, 0) is 275 Å². The molecule has 0 bridgehead atoms. The molecule has 0 unspecified atom stereocenters. The van der Waals surface area contributed by atoms with Crippen molar-refractivity contribution in [3.8, 4) is 45.5 Å². The molecule has 3 amide bonds. The zero-order valence-electron chi connectivity index (χ0n) is 69.8. The number of amidine groups is 1. The largest absolute Gasteiger partial charge is 0.383 e. The Labute approximate surface area is 738 Å². The van der Waals surface area contributed by atoms with Crippen LogP contribution < -0.4 is 21.7 Å². The van der Waals surface area contributed by atoms with Gasteiger partial charge in [0.15, 0.2) is 0 Å². The Bertz CT molecular complexity index is 5140. The van der Waals surface area contributed by atoms with Crippen molar-refractivity contribution in [2.75, 3.05) is 56.5 Å². The standard InChI is InChI=1S/C38H38Cl2F2N4O.C32H33Cl2N3O2.C32H41N3O/c39-32-23-29(12-14-34(32)41)44-36(47)16-17-38(18-20-46(21-19-38)31-6-1-2-7-31)28-10-8-25(9-11-28)26-4-3-5-27(22-26)37(43)45-30-13-15-35(42)33(40)24-30;33-27-18-28(34)20-29(19-27)36-31(38)22-39-32(13-15-37(16-14-32)30-7-2-1-3-8-30)26-11-9-24(10-12-26)25-6-4-5-23(17-25)21-35;33-24-25-7-6-8-27(23-25)26-13-15-28(16-14-26)32(18-17-31(36)34-29-9-2-1-3-10-29)19-21-35(22-20-32)30-11-4-5-12-30/h3-5,8-15,22-24,31H,1-2,6-7,16-21H2,(H2,43,45)(H,44,47);4-6,9-12,17-20,30H,1-3,7-8,13-16,22H2,(H,36,38);6-8,13-16,23,29-30H,1-5,9-12,17-22H2,(H,34,36). The van der Waals surface area contributed by atoms with Gasteiger partial charge in [0.05, 0.1) is 44.6 Å². The van der Waals surface area contributed by atoms with Crippen LogP contribution in [0.4, 0.5) is 25.8 Å². The fraction of sp³-hybridized carbons (Fsp3) is 0.412. The molecule has 4 aliphatic carbocycles. The van der Waals surface area contributed by atoms with Crippen molar-refractivity contribution in [1.29, 1.82) is 10.5 Å². The summed E-state index contributed by atoms with van der Waals surface area (Å²) < 4.78 is 33.7. The van der Waals surface area contributed by atoms with Crippen molar-refractivity contribution >= 4 is 87.0 Å². The number of carbonyl (C=O) groups is 3. The van der Waals surface area contributed by atoms with Crippen LogP contribution in [0.1, 0.15) is 213 Å². The molecule has 5 N–H and O–H groups in total. The van der Waals surface area contributed by atoms with Crippen molar-refractivity contribution in [1.82, 2.24) is 20.0 Å². The maximum absolute atomic E-state index is 13.6. The highest BCUT2D eigenvalue weighted by atomic mass is 35.5. The van der Waals surface area contributed by atoms with Crippen molar-refractivity contribution in [2.45, 2.75) is 220 Å². The number of carbonyl (C=O) groups excluding carboxylic acids is 3. The van der Waals surface area contributed by atoms with Crippen LogP contribution in [0.2, 0.25) is 20.1 Å². The molecule has 16 rings (SSSR count). The third-order valence-corrected chi connectivity index (χ3v) is 28.1. The predicted octanol–water partition coefficient (Wildman–Crippen LogP) is 24.2. The summed E-state index contributed by atoms with van der Waals surface area (Å²) in [6.07, 6.45) is 31.7. The molecule has 7 fully saturated rings. The molecule has 636 valence electrons. The van der Waals surface area contributed by atoms with Crippen LogP contribution in [0.3, 0.4) is 0 Å². The summed E-state index contributed by atoms with van der Waals surface area (Å²) in [4.78, 5) is 51.4. The summed E-state index contributed by atoms with van der Waals surface area (Å²) in [6, 6.07) is 69.7. The lowest BCUT2D eigenvalue weighted by Gasteiger charge is -2.45. The molecular weight excluding hydrogens is 1610 g/mol. The monoisotopic (exact) mass is 1720 g/mol. The first-order chi connectivity index (χ1) is 59.3. The lowest BCUT2D eigenvalue weighted by molar-refractivity contribution is -0.136. The number of hydrogen-bond acceptors (Lipinski definition) is 10. The number of halogens is 6. The van der Waals surface area contributed by atoms with Gasteiger partial charge in [0, 0.05) is 77.1 Å². The molecule has 9 aromatic rings. The maximum Gasteiger partial charge on any atom is 0.250 e. The lowest BCUT2D eigenvalue weighted by atomic mass is 9.69. The molecule has 3 saturated heterocycles. The van der Waals surface area contributed by atoms with Crippen LogP contribution in [0.15, 0.2) is 205 Å². The van der Waals surface area contributed by atoms with Crippen LogP contribution in [0.25, 0.3) is 33.4 Å². The Hall–Kier alpha value is -9.30. The summed E-state index contributed by atoms with van der Waals surface area (Å²) in [5.41, 5.74) is 19.3. The number of nitrogens with two attached hydrogens (primary N) is 1. The topological polar surface area (TPSA) is 192 Å². The molecule has 4 saturated carbocycles. The number of benzene rings is 9. The number of amides is 3. The molecule has 3 heterocycles. The number of ether oxygens (including phenoxy) is 1. The van der Waals surface area contributed by atoms with Crippen LogP contribution in [0, 0.1) is 34.3 Å². The summed E-state index contributed by atoms with van der Waals surface area (Å²) in [5, 5.41) is 28.6. The molecule has 9 aromatic carbocycles. The second-order valence-corrected chi connectivity index (χ2v) is 36.4. The molecule has 14 nitrogen and oxygen atoms in total. The first-order valence-electron chi connectivity index (χ1n) is 44.2. The normalized spacial score (nSPS) is 18.6. The van der Waals surface area contributed by atoms with Crippen molar-refractivity contribution in [2.24, 2.45) is 10.7 Å². The maximum atomic E-state index is 13.6. The van der Waals surface area contributed by atoms with Crippen LogP contribution >= 0.6 is 46.4 Å². The van der Waals surface area contributed by atoms with Crippen molar-refractivity contribution in [3.63, 3.8) is 0 Å². The van der Waals surface area contributed by atoms with Gasteiger partial charge in [0.2, 0.25) is 17.7 Å². The second kappa shape index (κ2) is 42.4. The lowest BCUT2D eigenvalue weighted by Crippen LogP contribution is -2.49. The zero-order valence-corrected chi connectivity index (χ0v) is 72.8. The first kappa shape index (κ1) is 89.0. The van der Waals surface area contributed by atoms with Crippen LogP contribution in [0.5, 0.6) is 0 Å². The predicted molar refractivity (Wildman–Crippen MR) is 490 cm³/mol. The molecule has 3 aliphatic heterocycles. The quantitative estimate of drug-likeness (QED) is 0.0354. The molecule has 7 aliphatic rings. The Morgan fingerprint density at radius 3 is 1.33 bits per heavy atom. The third-order valence-electron chi connectivity index (χ3n) is 27.0. The fourth-order valence-electron chi connectivity index (χ4n) is 20.0. The fourth-order valence-corrected chi connectivity index (χ4v) is 20.9. The van der Waals surface area contributed by atoms with Gasteiger partial charge in [-0.15, -0.1) is 0 Å². The zero-order chi connectivity index (χ0) is 85.0. The van der Waals surface area contributed by atoms with Crippen molar-refractivity contribution in [3.05, 3.63) is 265 Å². The van der Waals surface area contributed by atoms with E-state index in [-0.39, 0.29) is 45.2 Å². The van der Waals surface area contributed by atoms with Crippen LogP contribution in [-0.4, -0.2) is 108 Å². The number of nitriles is 2. The number of anilines is 2. The Kier molecular flexibility index (Phi) is 30.9. The van der Waals surface area contributed by atoms with Gasteiger partial charge in [-0.3, -0.25) is 14.4 Å². The first-order valence-corrected chi connectivity index (χ1v) is 45.7. The van der Waals surface area contributed by atoms with Crippen molar-refractivity contribution < 1.29 is 27.9 Å². The Morgan fingerprint density at radius 2 is 0.852 bits per heavy atom. The minimum atomic E-state index is -0.554. The van der Waals surface area contributed by atoms with Gasteiger partial charge in [0.1, 0.15) is 24.1 Å². The Balaban J connectivity index is 0.000000151. The molecule has 122 heavy (non-hydrogen) atoms. The highest BCUT2D eigenvalue weighted by Gasteiger charge is 2.43. The highest BCUT2D eigenvalue weighted by molar-refractivity contribution is 6.35. The average Bonchev–Trinajstić information content (AvgIpc) is 1.71. The highest BCUT2D eigenvalue weighted by Crippen LogP contribution is 2.46. The second-order valence-electron chi connectivity index (χ2n) is 34.7. The molecular formula is C102H112Cl4F2N10O4. The van der Waals surface area contributed by atoms with E-state index in [0.29, 0.717) is 81.5 Å². The number of aliphatic imine (C=N–C) groups is 1. The van der Waals surface area contributed by atoms with E-state index in [1.165, 1.54) is 150 Å². The molecule has 0 radical (unpaired) electrons. The smallest absolute Gasteiger partial charge is 0.250 e. The number of likely N-dealkylation sites (tertiary alicyclic amines) is 3. The van der Waals surface area contributed by atoms with E-state index >= 15 is 0 Å². The number of piperidine rings is 3. The van der Waals surface area contributed by atoms with Crippen LogP contribution in [-0.2, 0) is 35.6 Å². The number of hydrogen-bond donors (Lipinski definition) is 4. The van der Waals surface area contributed by atoms with Gasteiger partial charge in [-0.1, -0.05) is 226 Å². The average molecular weight is 1720 g/mol. The van der Waals surface area contributed by atoms with Gasteiger partial charge < -0.3 is 41.1 Å². The molecule has 0 aromatic heterocycles. The van der Waals surface area contributed by atoms with Gasteiger partial charge in [-0.2, -0.15) is 10.5 Å². The molecule has 0 atom stereocenters. The number of nitrogens with zero attached hydrogens (tertiary/aromatic N) is 6. The number of rotatable bonds is 23. The van der Waals surface area contributed by atoms with E-state index in [9.17, 15) is 33.7 Å². The van der Waals surface area contributed by atoms with E-state index < -0.39 is 17.2 Å². The minimum Gasteiger partial charge on any atom is -0.383 e. The third kappa shape index (κ3) is 23.4. The van der Waals surface area contributed by atoms with E-state index in [1.807, 2.05) is 66.7 Å². The van der Waals surface area contributed by atoms with E-state index in [4.69, 9.17) is 56.9 Å². The Morgan fingerprint density at radius 1 is 0.434 bits per heavy atom. The summed E-state index contributed by atoms with van der Waals surface area (Å²) in [6.45, 7) is 6.13. The summed E-state index contributed by atoms with van der Waals surface area (Å²) in [7, 11) is 0.